The quantitative estimate of drug-likeness (QED) is 0.376. The number of anilines is 1. The first-order chi connectivity index (χ1) is 20.5. The molecule has 3 amide bonds. The fraction of sp³-hybridized carbons (Fsp3) is 0.394. The van der Waals surface area contributed by atoms with Crippen LogP contribution >= 0.6 is 0 Å². The van der Waals surface area contributed by atoms with Crippen LogP contribution in [0.25, 0.3) is 0 Å². The Morgan fingerprint density at radius 3 is 2.50 bits per heavy atom. The minimum Gasteiger partial charge on any atom is -0.497 e. The second-order valence-electron chi connectivity index (χ2n) is 11.2. The summed E-state index contributed by atoms with van der Waals surface area (Å²) in [5.74, 6) is 0.715. The van der Waals surface area contributed by atoms with Crippen LogP contribution in [0.1, 0.15) is 70.0 Å². The van der Waals surface area contributed by atoms with Gasteiger partial charge in [0.2, 0.25) is 5.91 Å². The summed E-state index contributed by atoms with van der Waals surface area (Å²) in [6, 6.07) is 14.9. The Balaban J connectivity index is 1.16. The number of pyridine rings is 1. The van der Waals surface area contributed by atoms with Gasteiger partial charge >= 0.3 is 0 Å². The molecule has 3 aliphatic rings. The lowest BCUT2D eigenvalue weighted by atomic mass is 9.90. The summed E-state index contributed by atoms with van der Waals surface area (Å²) < 4.78 is 10.8. The Morgan fingerprint density at radius 1 is 0.929 bits per heavy atom. The number of amides is 3. The zero-order valence-electron chi connectivity index (χ0n) is 24.1. The number of piperidine rings is 2. The number of hydrogen-bond donors (Lipinski definition) is 0. The van der Waals surface area contributed by atoms with Crippen molar-refractivity contribution in [3.05, 3.63) is 83.2 Å². The van der Waals surface area contributed by atoms with Gasteiger partial charge in [-0.3, -0.25) is 24.3 Å². The summed E-state index contributed by atoms with van der Waals surface area (Å²) in [6.07, 6.45) is 8.13. The monoisotopic (exact) mass is 568 g/mol. The third-order valence-electron chi connectivity index (χ3n) is 8.84. The van der Waals surface area contributed by atoms with Crippen molar-refractivity contribution in [3.63, 3.8) is 0 Å². The molecule has 9 nitrogen and oxygen atoms in total. The molecule has 9 heteroatoms. The lowest BCUT2D eigenvalue weighted by Gasteiger charge is -2.40. The van der Waals surface area contributed by atoms with Crippen molar-refractivity contribution in [1.82, 2.24) is 14.8 Å². The van der Waals surface area contributed by atoms with Gasteiger partial charge in [0, 0.05) is 49.6 Å². The van der Waals surface area contributed by atoms with Gasteiger partial charge in [0.05, 0.1) is 43.6 Å². The number of fused-ring (bicyclic) bond motifs is 1. The summed E-state index contributed by atoms with van der Waals surface area (Å²) in [6.45, 7) is 2.16. The van der Waals surface area contributed by atoms with E-state index in [1.807, 2.05) is 30.5 Å². The van der Waals surface area contributed by atoms with Gasteiger partial charge in [0.25, 0.3) is 11.8 Å². The summed E-state index contributed by atoms with van der Waals surface area (Å²) in [5, 5.41) is 0. The molecule has 1 unspecified atom stereocenters. The average molecular weight is 569 g/mol. The lowest BCUT2D eigenvalue weighted by molar-refractivity contribution is -0.140. The zero-order valence-corrected chi connectivity index (χ0v) is 24.1. The fourth-order valence-electron chi connectivity index (χ4n) is 6.59. The van der Waals surface area contributed by atoms with Crippen LogP contribution in [0.4, 0.5) is 5.69 Å². The molecule has 42 heavy (non-hydrogen) atoms. The first-order valence-corrected chi connectivity index (χ1v) is 14.7. The zero-order chi connectivity index (χ0) is 29.2. The minimum absolute atomic E-state index is 0.0633. The van der Waals surface area contributed by atoms with Gasteiger partial charge in [0.1, 0.15) is 11.5 Å². The van der Waals surface area contributed by atoms with Crippen LogP contribution in [-0.2, 0) is 11.3 Å². The molecule has 0 spiro atoms. The predicted octanol–water partition coefficient (Wildman–Crippen LogP) is 4.87. The maximum absolute atomic E-state index is 13.7. The van der Waals surface area contributed by atoms with E-state index in [0.717, 1.165) is 42.6 Å². The summed E-state index contributed by atoms with van der Waals surface area (Å²) in [4.78, 5) is 50.6. The molecule has 0 saturated carbocycles. The van der Waals surface area contributed by atoms with E-state index in [-0.39, 0.29) is 36.2 Å². The van der Waals surface area contributed by atoms with Crippen LogP contribution in [0, 0.1) is 5.92 Å². The highest BCUT2D eigenvalue weighted by Crippen LogP contribution is 2.37. The molecule has 1 aromatic heterocycles. The van der Waals surface area contributed by atoms with Crippen LogP contribution in [-0.4, -0.2) is 66.4 Å². The lowest BCUT2D eigenvalue weighted by Crippen LogP contribution is -2.46. The predicted molar refractivity (Wildman–Crippen MR) is 158 cm³/mol. The van der Waals surface area contributed by atoms with Crippen molar-refractivity contribution in [3.8, 4) is 11.5 Å². The van der Waals surface area contributed by atoms with Gasteiger partial charge in [-0.1, -0.05) is 12.1 Å². The number of nitrogens with zero attached hydrogens (tertiary/aromatic N) is 4. The van der Waals surface area contributed by atoms with E-state index < -0.39 is 0 Å². The number of imide groups is 1. The first kappa shape index (κ1) is 27.8. The SMILES string of the molecule is COc1ccc(CN2C(=O)c3cccc(N4CCC(C(=O)N5CCCCC5c5cccnc5)CC4)c3C2=O)c(OC)c1. The summed E-state index contributed by atoms with van der Waals surface area (Å²) in [7, 11) is 3.13. The molecular formula is C33H36N4O5. The topological polar surface area (TPSA) is 92.3 Å². The van der Waals surface area contributed by atoms with Crippen LogP contribution in [0.5, 0.6) is 11.5 Å². The normalized spacial score (nSPS) is 19.2. The third kappa shape index (κ3) is 5.08. The van der Waals surface area contributed by atoms with E-state index >= 15 is 0 Å². The van der Waals surface area contributed by atoms with Crippen molar-refractivity contribution >= 4 is 23.4 Å². The number of carbonyl (C=O) groups is 3. The first-order valence-electron chi connectivity index (χ1n) is 14.7. The Labute approximate surface area is 246 Å². The number of ether oxygens (including phenoxy) is 2. The van der Waals surface area contributed by atoms with Crippen LogP contribution in [0.2, 0.25) is 0 Å². The number of carbonyl (C=O) groups excluding carboxylic acids is 3. The van der Waals surface area contributed by atoms with Crippen LogP contribution in [0.15, 0.2) is 60.9 Å². The second kappa shape index (κ2) is 11.8. The van der Waals surface area contributed by atoms with Gasteiger partial charge in [-0.05, 0) is 68.0 Å². The van der Waals surface area contributed by atoms with Crippen molar-refractivity contribution in [2.24, 2.45) is 5.92 Å². The molecule has 0 bridgehead atoms. The van der Waals surface area contributed by atoms with Crippen LogP contribution < -0.4 is 14.4 Å². The maximum atomic E-state index is 13.7. The molecule has 0 N–H and O–H groups in total. The van der Waals surface area contributed by atoms with Gasteiger partial charge in [-0.25, -0.2) is 0 Å². The summed E-state index contributed by atoms with van der Waals surface area (Å²) in [5.41, 5.74) is 3.43. The Bertz CT molecular complexity index is 1490. The molecule has 0 aliphatic carbocycles. The van der Waals surface area contributed by atoms with Gasteiger partial charge in [-0.15, -0.1) is 0 Å². The van der Waals surface area contributed by atoms with Gasteiger partial charge < -0.3 is 19.3 Å². The van der Waals surface area contributed by atoms with Crippen molar-refractivity contribution in [1.29, 1.82) is 0 Å². The molecular weight excluding hydrogens is 532 g/mol. The molecule has 2 fully saturated rings. The van der Waals surface area contributed by atoms with Crippen LogP contribution in [0.3, 0.4) is 0 Å². The fourth-order valence-corrected chi connectivity index (χ4v) is 6.59. The number of aromatic nitrogens is 1. The van der Waals surface area contributed by atoms with Crippen molar-refractivity contribution < 1.29 is 23.9 Å². The smallest absolute Gasteiger partial charge is 0.263 e. The van der Waals surface area contributed by atoms with Gasteiger partial charge in [0.15, 0.2) is 0 Å². The molecule has 3 aliphatic heterocycles. The second-order valence-corrected chi connectivity index (χ2v) is 11.2. The Hall–Kier alpha value is -4.40. The molecule has 3 aromatic rings. The number of likely N-dealkylation sites (tertiary alicyclic amines) is 1. The van der Waals surface area contributed by atoms with Gasteiger partial charge in [-0.2, -0.15) is 0 Å². The number of hydrogen-bond acceptors (Lipinski definition) is 7. The number of benzene rings is 2. The van der Waals surface area contributed by atoms with E-state index in [1.165, 1.54) is 4.90 Å². The molecule has 1 atom stereocenters. The molecule has 218 valence electrons. The Kier molecular flexibility index (Phi) is 7.82. The molecule has 2 aromatic carbocycles. The van der Waals surface area contributed by atoms with Crippen molar-refractivity contribution in [2.75, 3.05) is 38.8 Å². The third-order valence-corrected chi connectivity index (χ3v) is 8.84. The number of methoxy groups -OCH3 is 2. The average Bonchev–Trinajstić information content (AvgIpc) is 3.30. The van der Waals surface area contributed by atoms with E-state index in [9.17, 15) is 14.4 Å². The standard InChI is InChI=1S/C33H36N4O5/c1-41-25-12-11-24(29(19-25)42-2)21-37-32(39)26-8-5-10-28(30(26)33(37)40)35-17-13-22(14-18-35)31(38)36-16-4-3-9-27(36)23-7-6-15-34-20-23/h5-8,10-12,15,19-20,22,27H,3-4,9,13-14,16-18,21H2,1-2H3. The van der Waals surface area contributed by atoms with E-state index in [0.29, 0.717) is 48.6 Å². The largest absolute Gasteiger partial charge is 0.497 e. The minimum atomic E-state index is -0.314. The summed E-state index contributed by atoms with van der Waals surface area (Å²) >= 11 is 0. The van der Waals surface area contributed by atoms with E-state index in [4.69, 9.17) is 9.47 Å². The van der Waals surface area contributed by atoms with E-state index in [1.54, 1.807) is 38.6 Å². The Morgan fingerprint density at radius 2 is 1.76 bits per heavy atom. The van der Waals surface area contributed by atoms with E-state index in [2.05, 4.69) is 20.9 Å². The highest BCUT2D eigenvalue weighted by Gasteiger charge is 2.40. The highest BCUT2D eigenvalue weighted by atomic mass is 16.5. The molecule has 2 saturated heterocycles. The molecule has 6 rings (SSSR count). The van der Waals surface area contributed by atoms with Crippen molar-refractivity contribution in [2.45, 2.75) is 44.7 Å². The highest BCUT2D eigenvalue weighted by molar-refractivity contribution is 6.23. The molecule has 4 heterocycles. The number of rotatable bonds is 7. The maximum Gasteiger partial charge on any atom is 0.263 e. The molecule has 0 radical (unpaired) electrons.